The van der Waals surface area contributed by atoms with Crippen LogP contribution in [0.1, 0.15) is 53.3 Å². The van der Waals surface area contributed by atoms with Gasteiger partial charge in [-0.3, -0.25) is 4.79 Å². The molecule has 0 bridgehead atoms. The lowest BCUT2D eigenvalue weighted by molar-refractivity contribution is 0.0769. The molecule has 0 spiro atoms. The van der Waals surface area contributed by atoms with Gasteiger partial charge in [-0.05, 0) is 37.5 Å². The van der Waals surface area contributed by atoms with Crippen LogP contribution in [0.3, 0.4) is 0 Å². The van der Waals surface area contributed by atoms with Gasteiger partial charge in [-0.15, -0.1) is 5.10 Å². The maximum Gasteiger partial charge on any atom is 0.293 e. The maximum absolute atomic E-state index is 13.0. The maximum atomic E-state index is 13.0. The molecular weight excluding hydrogens is 388 g/mol. The molecule has 1 amide bonds. The Bertz CT molecular complexity index is 1260. The predicted octanol–water partition coefficient (Wildman–Crippen LogP) is 4.22. The Morgan fingerprint density at radius 3 is 2.48 bits per heavy atom. The highest BCUT2D eigenvalue weighted by Gasteiger charge is 2.21. The third kappa shape index (κ3) is 4.03. The molecule has 2 heterocycles. The first-order valence-electron chi connectivity index (χ1n) is 10.4. The smallest absolute Gasteiger partial charge is 0.293 e. The Labute approximate surface area is 181 Å². The zero-order chi connectivity index (χ0) is 22.1. The van der Waals surface area contributed by atoms with E-state index in [1.54, 1.807) is 16.6 Å². The lowest BCUT2D eigenvalue weighted by atomic mass is 10.0. The molecule has 4 aromatic rings. The second kappa shape index (κ2) is 8.26. The molecule has 2 aromatic heterocycles. The van der Waals surface area contributed by atoms with Crippen molar-refractivity contribution in [1.82, 2.24) is 29.6 Å². The third-order valence-electron chi connectivity index (χ3n) is 5.31. The molecule has 0 saturated carbocycles. The predicted molar refractivity (Wildman–Crippen MR) is 120 cm³/mol. The number of benzene rings is 2. The minimum atomic E-state index is -0.265. The molecule has 7 heteroatoms. The summed E-state index contributed by atoms with van der Waals surface area (Å²) in [6, 6.07) is 15.9. The monoisotopic (exact) mass is 414 g/mol. The zero-order valence-electron chi connectivity index (χ0n) is 18.5. The molecule has 158 valence electrons. The van der Waals surface area contributed by atoms with Crippen LogP contribution >= 0.6 is 0 Å². The number of carbonyl (C=O) groups excluding carboxylic acids is 1. The number of aryl methyl sites for hydroxylation is 2. The molecule has 0 N–H and O–H groups in total. The fourth-order valence-corrected chi connectivity index (χ4v) is 3.70. The number of hydrogen-bond donors (Lipinski definition) is 0. The average Bonchev–Trinajstić information content (AvgIpc) is 3.14. The van der Waals surface area contributed by atoms with Gasteiger partial charge in [0.2, 0.25) is 5.82 Å². The molecule has 0 aliphatic carbocycles. The van der Waals surface area contributed by atoms with Gasteiger partial charge in [0.15, 0.2) is 0 Å². The van der Waals surface area contributed by atoms with Gasteiger partial charge in [-0.1, -0.05) is 50.2 Å². The van der Waals surface area contributed by atoms with Crippen LogP contribution in [-0.2, 0) is 6.54 Å². The summed E-state index contributed by atoms with van der Waals surface area (Å²) in [5, 5.41) is 5.54. The quantitative estimate of drug-likeness (QED) is 0.489. The van der Waals surface area contributed by atoms with Gasteiger partial charge >= 0.3 is 0 Å². The van der Waals surface area contributed by atoms with Crippen LogP contribution in [0.2, 0.25) is 0 Å². The first-order chi connectivity index (χ1) is 14.8. The van der Waals surface area contributed by atoms with Crippen molar-refractivity contribution in [2.24, 2.45) is 0 Å². The van der Waals surface area contributed by atoms with E-state index in [1.807, 2.05) is 56.3 Å². The van der Waals surface area contributed by atoms with Gasteiger partial charge in [-0.25, -0.2) is 19.6 Å². The fourth-order valence-electron chi connectivity index (χ4n) is 3.70. The van der Waals surface area contributed by atoms with Crippen molar-refractivity contribution < 1.29 is 4.79 Å². The first kappa shape index (κ1) is 20.7. The number of carbonyl (C=O) groups is 1. The van der Waals surface area contributed by atoms with Gasteiger partial charge in [-0.2, -0.15) is 0 Å². The zero-order valence-corrected chi connectivity index (χ0v) is 18.5. The number of fused-ring (bicyclic) bond motifs is 1. The molecule has 0 aliphatic heterocycles. The number of para-hydroxylation sites is 2. The summed E-state index contributed by atoms with van der Waals surface area (Å²) in [5.41, 5.74) is 3.86. The third-order valence-corrected chi connectivity index (χ3v) is 5.31. The summed E-state index contributed by atoms with van der Waals surface area (Å²) in [7, 11) is 1.72. The molecule has 4 rings (SSSR count). The fraction of sp³-hybridized carbons (Fsp3) is 0.292. The van der Waals surface area contributed by atoms with E-state index < -0.39 is 0 Å². The van der Waals surface area contributed by atoms with E-state index in [0.717, 1.165) is 27.8 Å². The largest absolute Gasteiger partial charge is 0.331 e. The van der Waals surface area contributed by atoms with E-state index >= 15 is 0 Å². The summed E-state index contributed by atoms with van der Waals surface area (Å²) in [5.74, 6) is 1.49. The van der Waals surface area contributed by atoms with Crippen LogP contribution in [0, 0.1) is 13.8 Å². The minimum Gasteiger partial charge on any atom is -0.331 e. The summed E-state index contributed by atoms with van der Waals surface area (Å²) < 4.78 is 1.74. The van der Waals surface area contributed by atoms with Crippen molar-refractivity contribution in [3.05, 3.63) is 77.3 Å². The molecule has 0 aliphatic rings. The Morgan fingerprint density at radius 2 is 1.71 bits per heavy atom. The van der Waals surface area contributed by atoms with Crippen LogP contribution in [0.5, 0.6) is 0 Å². The van der Waals surface area contributed by atoms with Crippen molar-refractivity contribution in [3.8, 4) is 5.69 Å². The lowest BCUT2D eigenvalue weighted by Gasteiger charge is -2.15. The molecule has 31 heavy (non-hydrogen) atoms. The van der Waals surface area contributed by atoms with Crippen molar-refractivity contribution in [2.45, 2.75) is 40.2 Å². The highest BCUT2D eigenvalue weighted by Crippen LogP contribution is 2.23. The molecule has 2 aromatic carbocycles. The first-order valence-corrected chi connectivity index (χ1v) is 10.4. The van der Waals surface area contributed by atoms with E-state index in [0.29, 0.717) is 17.6 Å². The number of rotatable bonds is 5. The van der Waals surface area contributed by atoms with Crippen LogP contribution in [-0.4, -0.2) is 42.6 Å². The Kier molecular flexibility index (Phi) is 5.50. The van der Waals surface area contributed by atoms with Gasteiger partial charge in [0.1, 0.15) is 11.6 Å². The topological polar surface area (TPSA) is 76.8 Å². The lowest BCUT2D eigenvalue weighted by Crippen LogP contribution is -2.28. The minimum absolute atomic E-state index is 0.163. The van der Waals surface area contributed by atoms with Gasteiger partial charge in [0.05, 0.1) is 17.7 Å². The summed E-state index contributed by atoms with van der Waals surface area (Å²) >= 11 is 0. The summed E-state index contributed by atoms with van der Waals surface area (Å²) in [6.45, 7) is 8.36. The van der Waals surface area contributed by atoms with Gasteiger partial charge in [0.25, 0.3) is 5.91 Å². The van der Waals surface area contributed by atoms with Crippen molar-refractivity contribution in [3.63, 3.8) is 0 Å². The van der Waals surface area contributed by atoms with Crippen molar-refractivity contribution in [1.29, 1.82) is 0 Å². The van der Waals surface area contributed by atoms with Crippen LogP contribution in [0.25, 0.3) is 16.6 Å². The molecular formula is C24H26N6O. The highest BCUT2D eigenvalue weighted by atomic mass is 16.2. The SMILES string of the molecule is Cc1nc(CN(C)C(=O)c2nc(C)n(-c3ccccc3C(C)C)n2)nc2ccccc12. The van der Waals surface area contributed by atoms with E-state index in [9.17, 15) is 4.79 Å². The van der Waals surface area contributed by atoms with Crippen molar-refractivity contribution in [2.75, 3.05) is 7.05 Å². The van der Waals surface area contributed by atoms with Crippen molar-refractivity contribution >= 4 is 16.8 Å². The number of amides is 1. The molecule has 0 saturated heterocycles. The van der Waals surface area contributed by atoms with E-state index in [4.69, 9.17) is 0 Å². The Balaban J connectivity index is 1.60. The molecule has 0 unspecified atom stereocenters. The van der Waals surface area contributed by atoms with E-state index in [2.05, 4.69) is 40.0 Å². The number of nitrogens with zero attached hydrogens (tertiary/aromatic N) is 6. The second-order valence-corrected chi connectivity index (χ2v) is 8.01. The molecule has 0 fully saturated rings. The average molecular weight is 415 g/mol. The second-order valence-electron chi connectivity index (χ2n) is 8.01. The summed E-state index contributed by atoms with van der Waals surface area (Å²) in [4.78, 5) is 28.2. The standard InChI is InChI=1S/C24H26N6O/c1-15(2)18-10-7-9-13-21(18)30-17(4)26-23(28-30)24(31)29(5)14-22-25-16(3)19-11-6-8-12-20(19)27-22/h6-13,15H,14H2,1-5H3. The molecule has 0 radical (unpaired) electrons. The normalized spacial score (nSPS) is 11.3. The van der Waals surface area contributed by atoms with E-state index in [-0.39, 0.29) is 18.3 Å². The van der Waals surface area contributed by atoms with Gasteiger partial charge in [0, 0.05) is 18.1 Å². The summed E-state index contributed by atoms with van der Waals surface area (Å²) in [6.07, 6.45) is 0. The van der Waals surface area contributed by atoms with Crippen LogP contribution in [0.4, 0.5) is 0 Å². The number of aromatic nitrogens is 5. The van der Waals surface area contributed by atoms with Crippen LogP contribution in [0.15, 0.2) is 48.5 Å². The van der Waals surface area contributed by atoms with Gasteiger partial charge < -0.3 is 4.90 Å². The Morgan fingerprint density at radius 1 is 1.00 bits per heavy atom. The Hall–Kier alpha value is -3.61. The number of hydrogen-bond acceptors (Lipinski definition) is 5. The molecule has 0 atom stereocenters. The highest BCUT2D eigenvalue weighted by molar-refractivity contribution is 5.90. The van der Waals surface area contributed by atoms with Crippen LogP contribution < -0.4 is 0 Å². The molecule has 7 nitrogen and oxygen atoms in total. The van der Waals surface area contributed by atoms with E-state index in [1.165, 1.54) is 0 Å².